The number of fused-ring (bicyclic) bond motifs is 1. The van der Waals surface area contributed by atoms with Crippen LogP contribution in [0.25, 0.3) is 11.0 Å². The Balaban J connectivity index is 2.31. The molecule has 1 unspecified atom stereocenters. The van der Waals surface area contributed by atoms with Crippen molar-refractivity contribution in [1.29, 1.82) is 0 Å². The molecule has 0 saturated heterocycles. The van der Waals surface area contributed by atoms with Crippen molar-refractivity contribution in [1.82, 2.24) is 9.55 Å². The van der Waals surface area contributed by atoms with E-state index in [2.05, 4.69) is 4.98 Å². The minimum absolute atomic E-state index is 0.00402. The highest BCUT2D eigenvalue weighted by Gasteiger charge is 2.66. The second-order valence-corrected chi connectivity index (χ2v) is 5.74. The molecule has 2 aromatic rings. The highest BCUT2D eigenvalue weighted by atomic mass is 35.5. The SMILES string of the molecule is CC(Cl)c1nc2cc(F)ccc2n1C1(C(F)(F)F)CC1. The standard InChI is InChI=1S/C13H11ClF4N2/c1-7(14)11-19-9-6-8(15)2-3-10(9)20(11)12(4-5-12)13(16,17)18/h2-3,6-7H,4-5H2,1H3. The normalized spacial score (nSPS) is 19.3. The Hall–Kier alpha value is -1.30. The van der Waals surface area contributed by atoms with Crippen molar-refractivity contribution in [2.24, 2.45) is 0 Å². The van der Waals surface area contributed by atoms with Gasteiger partial charge in [0.1, 0.15) is 17.2 Å². The molecule has 0 aliphatic heterocycles. The number of hydrogen-bond donors (Lipinski definition) is 0. The molecule has 1 aliphatic carbocycles. The topological polar surface area (TPSA) is 17.8 Å². The van der Waals surface area contributed by atoms with E-state index < -0.39 is 22.9 Å². The van der Waals surface area contributed by atoms with Crippen LogP contribution in [0.1, 0.15) is 31.0 Å². The first-order chi connectivity index (χ1) is 9.26. The number of nitrogens with zero attached hydrogens (tertiary/aromatic N) is 2. The molecule has 1 aromatic carbocycles. The lowest BCUT2D eigenvalue weighted by atomic mass is 10.2. The fourth-order valence-corrected chi connectivity index (χ4v) is 2.69. The lowest BCUT2D eigenvalue weighted by Gasteiger charge is -2.24. The summed E-state index contributed by atoms with van der Waals surface area (Å²) in [4.78, 5) is 4.08. The van der Waals surface area contributed by atoms with Gasteiger partial charge in [-0.1, -0.05) is 0 Å². The van der Waals surface area contributed by atoms with Crippen LogP contribution < -0.4 is 0 Å². The molecule has 1 aliphatic rings. The average molecular weight is 307 g/mol. The summed E-state index contributed by atoms with van der Waals surface area (Å²) in [5.74, 6) is -0.408. The fraction of sp³-hybridized carbons (Fsp3) is 0.462. The average Bonchev–Trinajstić information content (AvgIpc) is 3.05. The largest absolute Gasteiger partial charge is 0.412 e. The van der Waals surface area contributed by atoms with E-state index in [0.717, 1.165) is 16.7 Å². The molecular formula is C13H11ClF4N2. The predicted octanol–water partition coefficient (Wildman–Crippen LogP) is 4.53. The number of imidazole rings is 1. The zero-order valence-electron chi connectivity index (χ0n) is 10.5. The number of benzene rings is 1. The molecular weight excluding hydrogens is 296 g/mol. The van der Waals surface area contributed by atoms with Gasteiger partial charge in [-0.3, -0.25) is 0 Å². The van der Waals surface area contributed by atoms with Crippen molar-refractivity contribution in [2.75, 3.05) is 0 Å². The maximum Gasteiger partial charge on any atom is 0.412 e. The third-order valence-electron chi connectivity index (χ3n) is 3.68. The Labute approximate surface area is 117 Å². The van der Waals surface area contributed by atoms with Gasteiger partial charge in [-0.05, 0) is 31.9 Å². The summed E-state index contributed by atoms with van der Waals surface area (Å²) in [7, 11) is 0. The van der Waals surface area contributed by atoms with Crippen molar-refractivity contribution < 1.29 is 17.6 Å². The molecule has 3 rings (SSSR count). The van der Waals surface area contributed by atoms with Gasteiger partial charge in [-0.15, -0.1) is 11.6 Å². The van der Waals surface area contributed by atoms with Crippen molar-refractivity contribution >= 4 is 22.6 Å². The summed E-state index contributed by atoms with van der Waals surface area (Å²) < 4.78 is 54.4. The van der Waals surface area contributed by atoms with E-state index in [1.165, 1.54) is 6.07 Å². The number of alkyl halides is 4. The summed E-state index contributed by atoms with van der Waals surface area (Å²) in [6.45, 7) is 1.56. The van der Waals surface area contributed by atoms with Crippen LogP contribution in [0.5, 0.6) is 0 Å². The predicted molar refractivity (Wildman–Crippen MR) is 67.2 cm³/mol. The smallest absolute Gasteiger partial charge is 0.311 e. The summed E-state index contributed by atoms with van der Waals surface area (Å²) in [6.07, 6.45) is -4.39. The molecule has 1 atom stereocenters. The second-order valence-electron chi connectivity index (χ2n) is 5.08. The van der Waals surface area contributed by atoms with E-state index in [-0.39, 0.29) is 29.7 Å². The molecule has 108 valence electrons. The van der Waals surface area contributed by atoms with Crippen LogP contribution in [0.4, 0.5) is 17.6 Å². The summed E-state index contributed by atoms with van der Waals surface area (Å²) >= 11 is 5.96. The van der Waals surface area contributed by atoms with E-state index in [9.17, 15) is 17.6 Å². The first-order valence-corrected chi connectivity index (χ1v) is 6.59. The van der Waals surface area contributed by atoms with Crippen LogP contribution in [0.3, 0.4) is 0 Å². The van der Waals surface area contributed by atoms with Gasteiger partial charge in [-0.2, -0.15) is 13.2 Å². The Morgan fingerprint density at radius 3 is 2.50 bits per heavy atom. The molecule has 0 radical (unpaired) electrons. The monoisotopic (exact) mass is 306 g/mol. The quantitative estimate of drug-likeness (QED) is 0.589. The lowest BCUT2D eigenvalue weighted by molar-refractivity contribution is -0.179. The van der Waals surface area contributed by atoms with Crippen molar-refractivity contribution in [3.05, 3.63) is 29.8 Å². The highest BCUT2D eigenvalue weighted by molar-refractivity contribution is 6.20. The van der Waals surface area contributed by atoms with Gasteiger partial charge in [0.05, 0.1) is 16.4 Å². The van der Waals surface area contributed by atoms with Crippen LogP contribution in [-0.2, 0) is 5.54 Å². The third kappa shape index (κ3) is 1.81. The van der Waals surface area contributed by atoms with E-state index in [4.69, 9.17) is 11.6 Å². The minimum Gasteiger partial charge on any atom is -0.311 e. The Kier molecular flexibility index (Phi) is 2.80. The van der Waals surface area contributed by atoms with E-state index in [1.807, 2.05) is 0 Å². The van der Waals surface area contributed by atoms with E-state index in [1.54, 1.807) is 6.92 Å². The maximum atomic E-state index is 13.3. The molecule has 2 nitrogen and oxygen atoms in total. The first-order valence-electron chi connectivity index (χ1n) is 6.15. The zero-order chi connectivity index (χ0) is 14.7. The second kappa shape index (κ2) is 4.10. The molecule has 1 heterocycles. The van der Waals surface area contributed by atoms with Gasteiger partial charge in [0.2, 0.25) is 0 Å². The Bertz CT molecular complexity index is 671. The highest BCUT2D eigenvalue weighted by Crippen LogP contribution is 2.57. The van der Waals surface area contributed by atoms with E-state index in [0.29, 0.717) is 0 Å². The van der Waals surface area contributed by atoms with Gasteiger partial charge in [0.25, 0.3) is 0 Å². The molecule has 0 N–H and O–H groups in total. The summed E-state index contributed by atoms with van der Waals surface area (Å²) in [5.41, 5.74) is -1.48. The first kappa shape index (κ1) is 13.7. The van der Waals surface area contributed by atoms with Gasteiger partial charge in [-0.25, -0.2) is 9.37 Å². The van der Waals surface area contributed by atoms with Crippen LogP contribution >= 0.6 is 11.6 Å². The number of rotatable bonds is 2. The molecule has 7 heteroatoms. The van der Waals surface area contributed by atoms with Gasteiger partial charge >= 0.3 is 6.18 Å². The maximum absolute atomic E-state index is 13.3. The Morgan fingerprint density at radius 2 is 2.00 bits per heavy atom. The third-order valence-corrected chi connectivity index (χ3v) is 3.87. The minimum atomic E-state index is -4.38. The zero-order valence-corrected chi connectivity index (χ0v) is 11.3. The molecule has 0 spiro atoms. The number of halogens is 5. The van der Waals surface area contributed by atoms with Crippen molar-refractivity contribution in [3.8, 4) is 0 Å². The van der Waals surface area contributed by atoms with Crippen molar-refractivity contribution in [3.63, 3.8) is 0 Å². The molecule has 1 fully saturated rings. The number of aromatic nitrogens is 2. The molecule has 0 amide bonds. The molecule has 20 heavy (non-hydrogen) atoms. The fourth-order valence-electron chi connectivity index (χ4n) is 2.54. The lowest BCUT2D eigenvalue weighted by Crippen LogP contribution is -2.36. The number of hydrogen-bond acceptors (Lipinski definition) is 1. The van der Waals surface area contributed by atoms with Crippen molar-refractivity contribution in [2.45, 2.75) is 36.9 Å². The van der Waals surface area contributed by atoms with Crippen LogP contribution in [0.2, 0.25) is 0 Å². The molecule has 1 aromatic heterocycles. The molecule has 0 bridgehead atoms. The molecule has 1 saturated carbocycles. The van der Waals surface area contributed by atoms with Crippen LogP contribution in [-0.4, -0.2) is 15.7 Å². The Morgan fingerprint density at radius 1 is 1.35 bits per heavy atom. The van der Waals surface area contributed by atoms with Gasteiger partial charge < -0.3 is 4.57 Å². The summed E-state index contributed by atoms with van der Waals surface area (Å²) in [5, 5.41) is -0.690. The van der Waals surface area contributed by atoms with Gasteiger partial charge in [0, 0.05) is 6.07 Å². The summed E-state index contributed by atoms with van der Waals surface area (Å²) in [6, 6.07) is 3.59. The van der Waals surface area contributed by atoms with Crippen LogP contribution in [0.15, 0.2) is 18.2 Å². The van der Waals surface area contributed by atoms with E-state index >= 15 is 0 Å². The van der Waals surface area contributed by atoms with Crippen LogP contribution in [0, 0.1) is 5.82 Å². The van der Waals surface area contributed by atoms with Gasteiger partial charge in [0.15, 0.2) is 0 Å².